The largest absolute Gasteiger partial charge is 0.325 e. The smallest absolute Gasteiger partial charge is 0.244 e. The van der Waals surface area contributed by atoms with E-state index < -0.39 is 16.1 Å². The Morgan fingerprint density at radius 3 is 2.19 bits per heavy atom. The third kappa shape index (κ3) is 4.47. The number of fused-ring (bicyclic) bond motifs is 1. The summed E-state index contributed by atoms with van der Waals surface area (Å²) < 4.78 is 28.4. The van der Waals surface area contributed by atoms with E-state index in [1.807, 2.05) is 55.5 Å². The predicted octanol–water partition coefficient (Wildman–Crippen LogP) is 4.87. The van der Waals surface area contributed by atoms with Crippen LogP contribution in [0.15, 0.2) is 77.7 Å². The molecule has 0 spiro atoms. The van der Waals surface area contributed by atoms with Gasteiger partial charge in [-0.05, 0) is 60.2 Å². The number of rotatable bonds is 5. The van der Waals surface area contributed by atoms with Crippen LogP contribution in [-0.2, 0) is 27.8 Å². The number of nitrogens with zero attached hydrogens (tertiary/aromatic N) is 1. The van der Waals surface area contributed by atoms with Gasteiger partial charge in [-0.15, -0.1) is 0 Å². The molecule has 0 fully saturated rings. The average Bonchev–Trinajstić information content (AvgIpc) is 2.78. The maximum atomic E-state index is 13.5. The molecule has 0 bridgehead atoms. The highest BCUT2D eigenvalue weighted by Crippen LogP contribution is 2.30. The van der Waals surface area contributed by atoms with Crippen LogP contribution in [0.2, 0.25) is 0 Å². The standard InChI is InChI=1S/C26H28N2O3S/c1-18(2)20-10-12-23(13-11-20)27-26(29)25-16-21-6-4-5-7-22(21)17-28(25)32(30,31)24-14-8-19(3)9-15-24/h4-15,18,25H,16-17H2,1-3H3,(H,27,29). The number of anilines is 1. The molecule has 1 heterocycles. The number of benzene rings is 3. The van der Waals surface area contributed by atoms with E-state index >= 15 is 0 Å². The number of sulfonamides is 1. The fraction of sp³-hybridized carbons (Fsp3) is 0.269. The van der Waals surface area contributed by atoms with E-state index in [0.29, 0.717) is 18.0 Å². The Balaban J connectivity index is 1.66. The maximum Gasteiger partial charge on any atom is 0.244 e. The molecular formula is C26H28N2O3S. The Morgan fingerprint density at radius 1 is 0.938 bits per heavy atom. The molecule has 4 rings (SSSR count). The van der Waals surface area contributed by atoms with E-state index in [0.717, 1.165) is 16.7 Å². The van der Waals surface area contributed by atoms with E-state index in [-0.39, 0.29) is 17.3 Å². The molecule has 6 heteroatoms. The van der Waals surface area contributed by atoms with Gasteiger partial charge in [0.05, 0.1) is 4.90 Å². The second-order valence-corrected chi connectivity index (χ2v) is 10.5. The Bertz CT molecular complexity index is 1220. The molecule has 1 N–H and O–H groups in total. The molecule has 1 aliphatic heterocycles. The first-order valence-corrected chi connectivity index (χ1v) is 12.3. The summed E-state index contributed by atoms with van der Waals surface area (Å²) in [7, 11) is -3.85. The highest BCUT2D eigenvalue weighted by atomic mass is 32.2. The fourth-order valence-electron chi connectivity index (χ4n) is 4.00. The zero-order valence-corrected chi connectivity index (χ0v) is 19.4. The first-order chi connectivity index (χ1) is 15.3. The molecule has 1 amide bonds. The zero-order valence-electron chi connectivity index (χ0n) is 18.6. The molecular weight excluding hydrogens is 420 g/mol. The Kier molecular flexibility index (Phi) is 6.17. The SMILES string of the molecule is Cc1ccc(S(=O)(=O)N2Cc3ccccc3CC2C(=O)Nc2ccc(C(C)C)cc2)cc1. The second kappa shape index (κ2) is 8.88. The van der Waals surface area contributed by atoms with Gasteiger partial charge in [-0.25, -0.2) is 8.42 Å². The Labute approximate surface area is 190 Å². The van der Waals surface area contributed by atoms with Crippen LogP contribution in [0.4, 0.5) is 5.69 Å². The van der Waals surface area contributed by atoms with Gasteiger partial charge < -0.3 is 5.32 Å². The molecule has 0 aromatic heterocycles. The van der Waals surface area contributed by atoms with Crippen molar-refractivity contribution in [3.63, 3.8) is 0 Å². The molecule has 1 aliphatic rings. The molecule has 32 heavy (non-hydrogen) atoms. The highest BCUT2D eigenvalue weighted by molar-refractivity contribution is 7.89. The van der Waals surface area contributed by atoms with E-state index in [4.69, 9.17) is 0 Å². The zero-order chi connectivity index (χ0) is 22.9. The van der Waals surface area contributed by atoms with Crippen molar-refractivity contribution in [2.24, 2.45) is 0 Å². The maximum absolute atomic E-state index is 13.5. The van der Waals surface area contributed by atoms with Crippen LogP contribution < -0.4 is 5.32 Å². The third-order valence-corrected chi connectivity index (χ3v) is 7.85. The molecule has 0 aliphatic carbocycles. The van der Waals surface area contributed by atoms with Gasteiger partial charge in [-0.1, -0.05) is 67.9 Å². The van der Waals surface area contributed by atoms with Crippen LogP contribution in [0, 0.1) is 6.92 Å². The fourth-order valence-corrected chi connectivity index (χ4v) is 5.56. The van der Waals surface area contributed by atoms with Crippen molar-refractivity contribution in [3.05, 3.63) is 95.1 Å². The minimum atomic E-state index is -3.85. The van der Waals surface area contributed by atoms with Crippen molar-refractivity contribution in [3.8, 4) is 0 Å². The molecule has 5 nitrogen and oxygen atoms in total. The van der Waals surface area contributed by atoms with E-state index in [1.54, 1.807) is 24.3 Å². The van der Waals surface area contributed by atoms with Gasteiger partial charge in [0.1, 0.15) is 6.04 Å². The van der Waals surface area contributed by atoms with E-state index in [9.17, 15) is 13.2 Å². The normalized spacial score (nSPS) is 16.6. The molecule has 3 aromatic carbocycles. The van der Waals surface area contributed by atoms with Gasteiger partial charge in [0.15, 0.2) is 0 Å². The lowest BCUT2D eigenvalue weighted by Crippen LogP contribution is -2.50. The van der Waals surface area contributed by atoms with Crippen LogP contribution >= 0.6 is 0 Å². The minimum Gasteiger partial charge on any atom is -0.325 e. The first kappa shape index (κ1) is 22.2. The quantitative estimate of drug-likeness (QED) is 0.605. The topological polar surface area (TPSA) is 66.5 Å². The highest BCUT2D eigenvalue weighted by Gasteiger charge is 2.39. The summed E-state index contributed by atoms with van der Waals surface area (Å²) >= 11 is 0. The van der Waals surface area contributed by atoms with Gasteiger partial charge in [-0.2, -0.15) is 4.31 Å². The molecule has 0 saturated heterocycles. The van der Waals surface area contributed by atoms with Crippen LogP contribution in [0.1, 0.15) is 42.0 Å². The van der Waals surface area contributed by atoms with E-state index in [2.05, 4.69) is 19.2 Å². The molecule has 1 unspecified atom stereocenters. The minimum absolute atomic E-state index is 0.163. The summed E-state index contributed by atoms with van der Waals surface area (Å²) in [4.78, 5) is 13.5. The number of aryl methyl sites for hydroxylation is 1. The number of hydrogen-bond acceptors (Lipinski definition) is 3. The first-order valence-electron chi connectivity index (χ1n) is 10.8. The van der Waals surface area contributed by atoms with Crippen molar-refractivity contribution in [2.75, 3.05) is 5.32 Å². The number of carbonyl (C=O) groups is 1. The molecule has 0 saturated carbocycles. The van der Waals surface area contributed by atoms with Crippen LogP contribution in [0.5, 0.6) is 0 Å². The van der Waals surface area contributed by atoms with Gasteiger partial charge in [0, 0.05) is 12.2 Å². The van der Waals surface area contributed by atoms with Crippen molar-refractivity contribution >= 4 is 21.6 Å². The lowest BCUT2D eigenvalue weighted by Gasteiger charge is -2.35. The summed E-state index contributed by atoms with van der Waals surface area (Å²) in [5.41, 5.74) is 4.74. The lowest BCUT2D eigenvalue weighted by molar-refractivity contribution is -0.120. The number of carbonyl (C=O) groups excluding carboxylic acids is 1. The summed E-state index contributed by atoms with van der Waals surface area (Å²) in [5, 5.41) is 2.93. The monoisotopic (exact) mass is 448 g/mol. The Morgan fingerprint density at radius 2 is 1.56 bits per heavy atom. The van der Waals surface area contributed by atoms with Crippen molar-refractivity contribution in [1.29, 1.82) is 0 Å². The molecule has 3 aromatic rings. The summed E-state index contributed by atoms with van der Waals surface area (Å²) in [6, 6.07) is 21.3. The Hall–Kier alpha value is -2.96. The van der Waals surface area contributed by atoms with Gasteiger partial charge in [0.2, 0.25) is 15.9 Å². The van der Waals surface area contributed by atoms with Gasteiger partial charge >= 0.3 is 0 Å². The molecule has 166 valence electrons. The van der Waals surface area contributed by atoms with Crippen LogP contribution in [0.25, 0.3) is 0 Å². The van der Waals surface area contributed by atoms with Gasteiger partial charge in [-0.3, -0.25) is 4.79 Å². The second-order valence-electron chi connectivity index (χ2n) is 8.62. The van der Waals surface area contributed by atoms with Crippen molar-refractivity contribution in [2.45, 2.75) is 50.6 Å². The lowest BCUT2D eigenvalue weighted by atomic mass is 9.95. The number of nitrogens with one attached hydrogen (secondary N) is 1. The predicted molar refractivity (Wildman–Crippen MR) is 127 cm³/mol. The summed E-state index contributed by atoms with van der Waals surface area (Å²) in [5.74, 6) is 0.0669. The van der Waals surface area contributed by atoms with Crippen molar-refractivity contribution in [1.82, 2.24) is 4.31 Å². The summed E-state index contributed by atoms with van der Waals surface area (Å²) in [6.45, 7) is 6.30. The van der Waals surface area contributed by atoms with E-state index in [1.165, 1.54) is 9.87 Å². The summed E-state index contributed by atoms with van der Waals surface area (Å²) in [6.07, 6.45) is 0.331. The van der Waals surface area contributed by atoms with Crippen LogP contribution in [-0.4, -0.2) is 24.7 Å². The molecule has 0 radical (unpaired) electrons. The molecule has 1 atom stereocenters. The van der Waals surface area contributed by atoms with Crippen LogP contribution in [0.3, 0.4) is 0 Å². The van der Waals surface area contributed by atoms with Gasteiger partial charge in [0.25, 0.3) is 0 Å². The number of hydrogen-bond donors (Lipinski definition) is 1. The third-order valence-electron chi connectivity index (χ3n) is 5.98. The number of amides is 1. The van der Waals surface area contributed by atoms with Crippen molar-refractivity contribution < 1.29 is 13.2 Å². The average molecular weight is 449 g/mol.